The maximum Gasteiger partial charge on any atom is 0.316 e. The van der Waals surface area contributed by atoms with Gasteiger partial charge in [-0.2, -0.15) is 0 Å². The second kappa shape index (κ2) is 7.44. The van der Waals surface area contributed by atoms with Crippen LogP contribution in [0.25, 0.3) is 10.4 Å². The number of nitrogens with zero attached hydrogens (tertiary/aromatic N) is 5. The molecule has 8 nitrogen and oxygen atoms in total. The summed E-state index contributed by atoms with van der Waals surface area (Å²) in [5.41, 5.74) is 8.48. The Kier molecular flexibility index (Phi) is 5.86. The number of hydrogen-bond acceptors (Lipinski definition) is 6. The fourth-order valence-corrected chi connectivity index (χ4v) is 1.30. The predicted octanol–water partition coefficient (Wildman–Crippen LogP) is 0.970. The first-order valence-electron chi connectivity index (χ1n) is 5.50. The number of aliphatic hydroxyl groups excluding tert-OH is 2. The SMILES string of the molecule is CCOc1ncc(C(O)C(O)CCN=[N+]=[N-])cn1. The van der Waals surface area contributed by atoms with Crippen molar-refractivity contribution in [2.75, 3.05) is 13.2 Å². The molecule has 0 bridgehead atoms. The van der Waals surface area contributed by atoms with E-state index in [0.717, 1.165) is 0 Å². The maximum atomic E-state index is 9.80. The van der Waals surface area contributed by atoms with E-state index in [9.17, 15) is 10.2 Å². The van der Waals surface area contributed by atoms with Crippen molar-refractivity contribution in [2.24, 2.45) is 5.11 Å². The van der Waals surface area contributed by atoms with Crippen molar-refractivity contribution in [3.8, 4) is 6.01 Å². The number of hydrogen-bond donors (Lipinski definition) is 2. The summed E-state index contributed by atoms with van der Waals surface area (Å²) in [7, 11) is 0. The van der Waals surface area contributed by atoms with Crippen molar-refractivity contribution in [3.05, 3.63) is 28.4 Å². The average Bonchev–Trinajstić information content (AvgIpc) is 2.39. The first-order chi connectivity index (χ1) is 8.69. The van der Waals surface area contributed by atoms with Gasteiger partial charge in [0.15, 0.2) is 0 Å². The summed E-state index contributed by atoms with van der Waals surface area (Å²) in [5, 5.41) is 22.7. The highest BCUT2D eigenvalue weighted by molar-refractivity contribution is 5.12. The Balaban J connectivity index is 2.59. The quantitative estimate of drug-likeness (QED) is 0.425. The molecule has 0 fully saturated rings. The molecule has 0 spiro atoms. The summed E-state index contributed by atoms with van der Waals surface area (Å²) in [6.07, 6.45) is 0.795. The normalized spacial score (nSPS) is 13.5. The van der Waals surface area contributed by atoms with Crippen LogP contribution in [0.5, 0.6) is 6.01 Å². The van der Waals surface area contributed by atoms with Gasteiger partial charge in [0.2, 0.25) is 0 Å². The Labute approximate surface area is 104 Å². The monoisotopic (exact) mass is 253 g/mol. The van der Waals surface area contributed by atoms with Crippen molar-refractivity contribution in [2.45, 2.75) is 25.6 Å². The lowest BCUT2D eigenvalue weighted by molar-refractivity contribution is 0.0145. The molecular weight excluding hydrogens is 238 g/mol. The van der Waals surface area contributed by atoms with Gasteiger partial charge in [-0.3, -0.25) is 0 Å². The molecule has 8 heteroatoms. The number of rotatable bonds is 7. The summed E-state index contributed by atoms with van der Waals surface area (Å²) in [6.45, 7) is 2.38. The second-order valence-electron chi connectivity index (χ2n) is 3.49. The summed E-state index contributed by atoms with van der Waals surface area (Å²) in [5.74, 6) is 0. The van der Waals surface area contributed by atoms with Crippen molar-refractivity contribution < 1.29 is 14.9 Å². The van der Waals surface area contributed by atoms with Crippen LogP contribution >= 0.6 is 0 Å². The van der Waals surface area contributed by atoms with Gasteiger partial charge in [-0.15, -0.1) is 0 Å². The van der Waals surface area contributed by atoms with Gasteiger partial charge >= 0.3 is 6.01 Å². The van der Waals surface area contributed by atoms with Crippen LogP contribution in [0, 0.1) is 0 Å². The van der Waals surface area contributed by atoms with E-state index in [4.69, 9.17) is 10.3 Å². The third-order valence-corrected chi connectivity index (χ3v) is 2.22. The molecule has 0 amide bonds. The second-order valence-corrected chi connectivity index (χ2v) is 3.49. The van der Waals surface area contributed by atoms with Crippen LogP contribution in [-0.4, -0.2) is 39.4 Å². The summed E-state index contributed by atoms with van der Waals surface area (Å²) >= 11 is 0. The van der Waals surface area contributed by atoms with Crippen molar-refractivity contribution >= 4 is 0 Å². The van der Waals surface area contributed by atoms with Crippen LogP contribution < -0.4 is 4.74 Å². The van der Waals surface area contributed by atoms with E-state index in [0.29, 0.717) is 12.2 Å². The first kappa shape index (κ1) is 14.2. The molecule has 98 valence electrons. The molecule has 1 aromatic rings. The molecule has 0 aliphatic carbocycles. The van der Waals surface area contributed by atoms with Crippen molar-refractivity contribution in [3.63, 3.8) is 0 Å². The number of aromatic nitrogens is 2. The smallest absolute Gasteiger partial charge is 0.316 e. The fourth-order valence-electron chi connectivity index (χ4n) is 1.30. The van der Waals surface area contributed by atoms with E-state index in [1.807, 2.05) is 6.92 Å². The third kappa shape index (κ3) is 4.17. The molecule has 2 atom stereocenters. The molecule has 2 unspecified atom stereocenters. The van der Waals surface area contributed by atoms with E-state index >= 15 is 0 Å². The largest absolute Gasteiger partial charge is 0.464 e. The van der Waals surface area contributed by atoms with Crippen LogP contribution in [-0.2, 0) is 0 Å². The zero-order valence-electron chi connectivity index (χ0n) is 9.97. The first-order valence-corrected chi connectivity index (χ1v) is 5.50. The van der Waals surface area contributed by atoms with Crippen LogP contribution in [0.4, 0.5) is 0 Å². The molecule has 0 aliphatic heterocycles. The molecular formula is C10H15N5O3. The van der Waals surface area contributed by atoms with E-state index in [-0.39, 0.29) is 19.0 Å². The number of aliphatic hydroxyl groups is 2. The maximum absolute atomic E-state index is 9.80. The molecule has 18 heavy (non-hydrogen) atoms. The zero-order chi connectivity index (χ0) is 13.4. The summed E-state index contributed by atoms with van der Waals surface area (Å²) < 4.78 is 5.06. The Bertz CT molecular complexity index is 404. The molecule has 0 radical (unpaired) electrons. The minimum atomic E-state index is -1.12. The molecule has 1 heterocycles. The summed E-state index contributed by atoms with van der Waals surface area (Å²) in [6, 6.07) is 0.219. The summed E-state index contributed by atoms with van der Waals surface area (Å²) in [4.78, 5) is 10.3. The molecule has 1 aromatic heterocycles. The van der Waals surface area contributed by atoms with Gasteiger partial charge in [0.1, 0.15) is 6.10 Å². The third-order valence-electron chi connectivity index (χ3n) is 2.22. The number of azide groups is 1. The molecule has 0 aliphatic rings. The predicted molar refractivity (Wildman–Crippen MR) is 62.8 cm³/mol. The molecule has 2 N–H and O–H groups in total. The Hall–Kier alpha value is -1.89. The zero-order valence-corrected chi connectivity index (χ0v) is 9.97. The topological polar surface area (TPSA) is 124 Å². The minimum absolute atomic E-state index is 0.118. The Morgan fingerprint density at radius 3 is 2.67 bits per heavy atom. The molecule has 0 saturated heterocycles. The fraction of sp³-hybridized carbons (Fsp3) is 0.600. The average molecular weight is 253 g/mol. The molecule has 0 saturated carbocycles. The highest BCUT2D eigenvalue weighted by Gasteiger charge is 2.18. The van der Waals surface area contributed by atoms with E-state index in [2.05, 4.69) is 20.0 Å². The minimum Gasteiger partial charge on any atom is -0.464 e. The van der Waals surface area contributed by atoms with E-state index in [1.54, 1.807) is 0 Å². The van der Waals surface area contributed by atoms with Crippen molar-refractivity contribution in [1.29, 1.82) is 0 Å². The highest BCUT2D eigenvalue weighted by atomic mass is 16.5. The van der Waals surface area contributed by atoms with Gasteiger partial charge in [-0.25, -0.2) is 9.97 Å². The highest BCUT2D eigenvalue weighted by Crippen LogP contribution is 2.18. The lowest BCUT2D eigenvalue weighted by Gasteiger charge is -2.16. The van der Waals surface area contributed by atoms with Gasteiger partial charge < -0.3 is 14.9 Å². The lowest BCUT2D eigenvalue weighted by atomic mass is 10.1. The van der Waals surface area contributed by atoms with Gasteiger partial charge in [-0.1, -0.05) is 5.11 Å². The molecule has 1 rings (SSSR count). The van der Waals surface area contributed by atoms with Crippen LogP contribution in [0.15, 0.2) is 17.5 Å². The van der Waals surface area contributed by atoms with Gasteiger partial charge in [0, 0.05) is 29.4 Å². The van der Waals surface area contributed by atoms with Gasteiger partial charge in [0.05, 0.1) is 12.7 Å². The molecule has 0 aromatic carbocycles. The van der Waals surface area contributed by atoms with Crippen LogP contribution in [0.1, 0.15) is 25.0 Å². The van der Waals surface area contributed by atoms with Crippen LogP contribution in [0.3, 0.4) is 0 Å². The lowest BCUT2D eigenvalue weighted by Crippen LogP contribution is -2.19. The van der Waals surface area contributed by atoms with Crippen LogP contribution in [0.2, 0.25) is 0 Å². The van der Waals surface area contributed by atoms with Gasteiger partial charge in [-0.05, 0) is 18.9 Å². The van der Waals surface area contributed by atoms with Crippen molar-refractivity contribution in [1.82, 2.24) is 9.97 Å². The standard InChI is InChI=1S/C10H15N5O3/c1-2-18-10-12-5-7(6-13-10)9(17)8(16)3-4-14-15-11/h5-6,8-9,16-17H,2-4H2,1H3. The van der Waals surface area contributed by atoms with E-state index in [1.165, 1.54) is 12.4 Å². The Morgan fingerprint density at radius 1 is 1.44 bits per heavy atom. The number of ether oxygens (including phenoxy) is 1. The Morgan fingerprint density at radius 2 is 2.11 bits per heavy atom. The van der Waals surface area contributed by atoms with Gasteiger partial charge in [0.25, 0.3) is 0 Å². The van der Waals surface area contributed by atoms with E-state index < -0.39 is 12.2 Å².